The van der Waals surface area contributed by atoms with Gasteiger partial charge >= 0.3 is 7.12 Å². The molecule has 1 aliphatic heterocycles. The largest absolute Gasteiger partial charge is 0.475 e. The molecule has 0 aliphatic carbocycles. The summed E-state index contributed by atoms with van der Waals surface area (Å²) >= 11 is 0. The molecule has 2 atom stereocenters. The highest BCUT2D eigenvalue weighted by molar-refractivity contribution is 6.43. The Hall–Kier alpha value is -2.00. The number of rotatable bonds is 9. The predicted octanol–water partition coefficient (Wildman–Crippen LogP) is 0.692. The summed E-state index contributed by atoms with van der Waals surface area (Å²) in [4.78, 5) is 30.1. The van der Waals surface area contributed by atoms with Gasteiger partial charge in [-0.3, -0.25) is 9.59 Å². The van der Waals surface area contributed by atoms with Crippen LogP contribution in [0.2, 0.25) is 0 Å². The first kappa shape index (κ1) is 20.3. The first-order chi connectivity index (χ1) is 12.3. The average Bonchev–Trinajstić information content (AvgIpc) is 2.53. The van der Waals surface area contributed by atoms with Crippen molar-refractivity contribution in [1.82, 2.24) is 10.3 Å². The van der Waals surface area contributed by atoms with Crippen molar-refractivity contribution in [2.45, 2.75) is 51.5 Å². The molecule has 2 rings (SSSR count). The molecule has 0 saturated carbocycles. The summed E-state index contributed by atoms with van der Waals surface area (Å²) < 4.78 is 12.9. The molecule has 0 aromatic carbocycles. The van der Waals surface area contributed by atoms with E-state index in [1.54, 1.807) is 4.90 Å². The second kappa shape index (κ2) is 9.09. The Balaban J connectivity index is 1.82. The van der Waals surface area contributed by atoms with E-state index in [0.29, 0.717) is 25.2 Å². The number of halogens is 1. The van der Waals surface area contributed by atoms with Crippen LogP contribution in [0.1, 0.15) is 39.5 Å². The number of hydrogen-bond donors (Lipinski definition) is 3. The van der Waals surface area contributed by atoms with Crippen molar-refractivity contribution >= 4 is 24.6 Å². The predicted molar refractivity (Wildman–Crippen MR) is 95.8 cm³/mol. The number of ketones is 1. The van der Waals surface area contributed by atoms with Gasteiger partial charge in [-0.1, -0.05) is 13.8 Å². The number of amides is 1. The van der Waals surface area contributed by atoms with Gasteiger partial charge in [0.1, 0.15) is 11.6 Å². The molecular weight excluding hydrogens is 340 g/mol. The smallest absolute Gasteiger partial charge is 0.426 e. The molecule has 9 heteroatoms. The van der Waals surface area contributed by atoms with Gasteiger partial charge < -0.3 is 20.3 Å². The van der Waals surface area contributed by atoms with Crippen molar-refractivity contribution in [2.75, 3.05) is 11.4 Å². The van der Waals surface area contributed by atoms with Crippen molar-refractivity contribution in [3.8, 4) is 0 Å². The van der Waals surface area contributed by atoms with Crippen LogP contribution in [0.15, 0.2) is 18.3 Å². The Labute approximate surface area is 152 Å². The number of aromatic nitrogens is 1. The summed E-state index contributed by atoms with van der Waals surface area (Å²) in [6.07, 6.45) is 2.26. The molecule has 0 radical (unpaired) electrons. The molecule has 1 unspecified atom stereocenters. The maximum atomic E-state index is 12.9. The van der Waals surface area contributed by atoms with Crippen LogP contribution in [-0.4, -0.2) is 52.4 Å². The van der Waals surface area contributed by atoms with Crippen molar-refractivity contribution in [1.29, 1.82) is 0 Å². The van der Waals surface area contributed by atoms with Crippen LogP contribution in [0.3, 0.4) is 0 Å². The molecule has 1 amide bonds. The highest BCUT2D eigenvalue weighted by Gasteiger charge is 2.35. The number of nitrogens with zero attached hydrogens (tertiary/aromatic N) is 2. The molecule has 1 aromatic heterocycles. The first-order valence-electron chi connectivity index (χ1n) is 8.84. The molecule has 1 aliphatic rings. The summed E-state index contributed by atoms with van der Waals surface area (Å²) in [6, 6.07) is 2.47. The fourth-order valence-corrected chi connectivity index (χ4v) is 2.98. The normalized spacial score (nSPS) is 17.6. The molecule has 142 valence electrons. The monoisotopic (exact) mass is 365 g/mol. The molecule has 2 heterocycles. The fraction of sp³-hybridized carbons (Fsp3) is 0.588. The van der Waals surface area contributed by atoms with E-state index in [-0.39, 0.29) is 36.5 Å². The van der Waals surface area contributed by atoms with Crippen LogP contribution < -0.4 is 10.2 Å². The van der Waals surface area contributed by atoms with Crippen molar-refractivity contribution < 1.29 is 24.0 Å². The lowest BCUT2D eigenvalue weighted by molar-refractivity contribution is -0.126. The lowest BCUT2D eigenvalue weighted by Gasteiger charge is -2.40. The third-order valence-corrected chi connectivity index (χ3v) is 4.43. The lowest BCUT2D eigenvalue weighted by atomic mass is 9.75. The third-order valence-electron chi connectivity index (χ3n) is 4.43. The quantitative estimate of drug-likeness (QED) is 0.557. The summed E-state index contributed by atoms with van der Waals surface area (Å²) in [6.45, 7) is 4.49. The maximum Gasteiger partial charge on any atom is 0.475 e. The highest BCUT2D eigenvalue weighted by atomic mass is 19.1. The number of Topliss-reactive ketones (excluding diaryl/α,β-unsaturated/α-hetero) is 1. The summed E-state index contributed by atoms with van der Waals surface area (Å²) in [5.74, 6) is -0.918. The van der Waals surface area contributed by atoms with Crippen LogP contribution >= 0.6 is 0 Å². The molecular formula is C17H25BFN3O4. The first-order valence-corrected chi connectivity index (χ1v) is 8.84. The minimum Gasteiger partial charge on any atom is -0.426 e. The highest BCUT2D eigenvalue weighted by Crippen LogP contribution is 2.26. The molecule has 0 bridgehead atoms. The zero-order chi connectivity index (χ0) is 19.3. The van der Waals surface area contributed by atoms with Crippen LogP contribution in [0.5, 0.6) is 0 Å². The Morgan fingerprint density at radius 2 is 2.12 bits per heavy atom. The summed E-state index contributed by atoms with van der Waals surface area (Å²) in [5.41, 5.74) is 0. The number of carbonyl (C=O) groups excluding carboxylic acids is 2. The Kier molecular flexibility index (Phi) is 7.10. The van der Waals surface area contributed by atoms with E-state index in [2.05, 4.69) is 10.3 Å². The van der Waals surface area contributed by atoms with Gasteiger partial charge in [0.15, 0.2) is 5.78 Å². The maximum absolute atomic E-state index is 12.9. The van der Waals surface area contributed by atoms with Crippen molar-refractivity contribution in [3.63, 3.8) is 0 Å². The Morgan fingerprint density at radius 3 is 2.62 bits per heavy atom. The molecule has 26 heavy (non-hydrogen) atoms. The van der Waals surface area contributed by atoms with Gasteiger partial charge in [0.2, 0.25) is 5.91 Å². The topological polar surface area (TPSA) is 103 Å². The zero-order valence-electron chi connectivity index (χ0n) is 15.1. The third kappa shape index (κ3) is 5.50. The van der Waals surface area contributed by atoms with E-state index in [4.69, 9.17) is 0 Å². The molecule has 3 N–H and O–H groups in total. The molecule has 1 fully saturated rings. The van der Waals surface area contributed by atoms with Gasteiger partial charge in [-0.15, -0.1) is 0 Å². The summed E-state index contributed by atoms with van der Waals surface area (Å²) in [5, 5.41) is 21.2. The Bertz CT molecular complexity index is 627. The van der Waals surface area contributed by atoms with Crippen molar-refractivity contribution in [3.05, 3.63) is 24.1 Å². The van der Waals surface area contributed by atoms with E-state index in [1.807, 2.05) is 13.8 Å². The van der Waals surface area contributed by atoms with E-state index >= 15 is 0 Å². The van der Waals surface area contributed by atoms with Gasteiger partial charge in [0.25, 0.3) is 0 Å². The second-order valence-electron chi connectivity index (χ2n) is 7.02. The van der Waals surface area contributed by atoms with Gasteiger partial charge in [-0.25, -0.2) is 9.37 Å². The van der Waals surface area contributed by atoms with Crippen molar-refractivity contribution in [2.24, 2.45) is 5.92 Å². The number of anilines is 1. The van der Waals surface area contributed by atoms with E-state index in [0.717, 1.165) is 6.20 Å². The van der Waals surface area contributed by atoms with Gasteiger partial charge in [0.05, 0.1) is 18.2 Å². The summed E-state index contributed by atoms with van der Waals surface area (Å²) in [7, 11) is -1.64. The number of carbonyl (C=O) groups is 2. The standard InChI is InChI=1S/C17H25BFN3O4/c1-11(2)9-15(18(25)26)21-17(24)6-4-14(23)13-7-8-22(13)16-5-3-12(19)10-20-16/h3,5,10-11,13,15,25-26H,4,6-9H2,1-2H3,(H,21,24)/t13-,15?/m0/s1. The SMILES string of the molecule is CC(C)CC(NC(=O)CCC(=O)[C@@H]1CCN1c1ccc(F)cn1)B(O)O. The number of hydrogen-bond acceptors (Lipinski definition) is 6. The fourth-order valence-electron chi connectivity index (χ4n) is 2.98. The van der Waals surface area contributed by atoms with E-state index in [9.17, 15) is 24.0 Å². The molecule has 1 saturated heterocycles. The van der Waals surface area contributed by atoms with E-state index in [1.165, 1.54) is 12.1 Å². The minimum absolute atomic E-state index is 0.0126. The lowest BCUT2D eigenvalue weighted by Crippen LogP contribution is -2.53. The van der Waals surface area contributed by atoms with Crippen LogP contribution in [0.25, 0.3) is 0 Å². The Morgan fingerprint density at radius 1 is 1.38 bits per heavy atom. The molecule has 1 aromatic rings. The van der Waals surface area contributed by atoms with Crippen LogP contribution in [0.4, 0.5) is 10.2 Å². The number of nitrogens with one attached hydrogen (secondary N) is 1. The average molecular weight is 365 g/mol. The van der Waals surface area contributed by atoms with Gasteiger partial charge in [0, 0.05) is 19.4 Å². The number of pyridine rings is 1. The van der Waals surface area contributed by atoms with Gasteiger partial charge in [-0.05, 0) is 30.9 Å². The molecule has 0 spiro atoms. The van der Waals surface area contributed by atoms with Crippen LogP contribution in [0, 0.1) is 11.7 Å². The van der Waals surface area contributed by atoms with Gasteiger partial charge in [-0.2, -0.15) is 0 Å². The second-order valence-corrected chi connectivity index (χ2v) is 7.02. The molecule has 7 nitrogen and oxygen atoms in total. The van der Waals surface area contributed by atoms with Crippen LogP contribution in [-0.2, 0) is 9.59 Å². The minimum atomic E-state index is -1.64. The zero-order valence-corrected chi connectivity index (χ0v) is 15.1. The van der Waals surface area contributed by atoms with E-state index < -0.39 is 18.9 Å².